The van der Waals surface area contributed by atoms with Gasteiger partial charge < -0.3 is 15.0 Å². The Kier molecular flexibility index (Phi) is 6.86. The average molecular weight is 368 g/mol. The maximum Gasteiger partial charge on any atom is 0.410 e. The van der Waals surface area contributed by atoms with Gasteiger partial charge in [0.15, 0.2) is 0 Å². The molecule has 1 atom stereocenters. The molecule has 0 aromatic heterocycles. The standard InChI is InChI=1S/C18H32N4O4/c1-5-19-15(23)12-20-8-6-7-14(11-20)22-10-9-21(13-16(22)24)17(25)26-18(2,3)4/h14H,5-13H2,1-4H3,(H,19,23). The molecule has 0 radical (unpaired) electrons. The van der Waals surface area contributed by atoms with Crippen molar-refractivity contribution in [1.29, 1.82) is 0 Å². The zero-order valence-electron chi connectivity index (χ0n) is 16.4. The van der Waals surface area contributed by atoms with Crippen molar-refractivity contribution >= 4 is 17.9 Å². The Morgan fingerprint density at radius 3 is 2.58 bits per heavy atom. The van der Waals surface area contributed by atoms with Gasteiger partial charge in [0.05, 0.1) is 6.54 Å². The maximum absolute atomic E-state index is 12.6. The van der Waals surface area contributed by atoms with Gasteiger partial charge in [0.25, 0.3) is 0 Å². The molecule has 3 amide bonds. The van der Waals surface area contributed by atoms with Crippen molar-refractivity contribution < 1.29 is 19.1 Å². The molecular formula is C18H32N4O4. The maximum atomic E-state index is 12.6. The number of carbonyl (C=O) groups is 3. The van der Waals surface area contributed by atoms with Crippen LogP contribution < -0.4 is 5.32 Å². The van der Waals surface area contributed by atoms with Crippen molar-refractivity contribution in [1.82, 2.24) is 20.0 Å². The second-order valence-corrected chi connectivity index (χ2v) is 7.97. The number of hydrogen-bond acceptors (Lipinski definition) is 5. The average Bonchev–Trinajstić information content (AvgIpc) is 2.53. The summed E-state index contributed by atoms with van der Waals surface area (Å²) >= 11 is 0. The molecule has 8 nitrogen and oxygen atoms in total. The van der Waals surface area contributed by atoms with E-state index in [1.807, 2.05) is 32.6 Å². The van der Waals surface area contributed by atoms with Gasteiger partial charge in [0, 0.05) is 32.2 Å². The number of piperidine rings is 1. The number of carbonyl (C=O) groups excluding carboxylic acids is 3. The lowest BCUT2D eigenvalue weighted by Gasteiger charge is -2.43. The number of nitrogens with one attached hydrogen (secondary N) is 1. The van der Waals surface area contributed by atoms with E-state index in [4.69, 9.17) is 4.74 Å². The van der Waals surface area contributed by atoms with E-state index in [9.17, 15) is 14.4 Å². The minimum atomic E-state index is -0.569. The van der Waals surface area contributed by atoms with Crippen LogP contribution >= 0.6 is 0 Å². The number of nitrogens with zero attached hydrogens (tertiary/aromatic N) is 3. The van der Waals surface area contributed by atoms with Gasteiger partial charge in [-0.25, -0.2) is 4.79 Å². The lowest BCUT2D eigenvalue weighted by atomic mass is 10.0. The summed E-state index contributed by atoms with van der Waals surface area (Å²) in [6.45, 7) is 11.0. The van der Waals surface area contributed by atoms with Crippen LogP contribution in [-0.4, -0.2) is 90.1 Å². The van der Waals surface area contributed by atoms with Gasteiger partial charge in [-0.15, -0.1) is 0 Å². The van der Waals surface area contributed by atoms with E-state index in [-0.39, 0.29) is 24.4 Å². The highest BCUT2D eigenvalue weighted by atomic mass is 16.6. The van der Waals surface area contributed by atoms with E-state index in [0.717, 1.165) is 19.4 Å². The minimum Gasteiger partial charge on any atom is -0.444 e. The van der Waals surface area contributed by atoms with Gasteiger partial charge in [-0.1, -0.05) is 0 Å². The van der Waals surface area contributed by atoms with Gasteiger partial charge in [-0.05, 0) is 47.1 Å². The molecule has 2 fully saturated rings. The lowest BCUT2D eigenvalue weighted by Crippen LogP contribution is -2.59. The summed E-state index contributed by atoms with van der Waals surface area (Å²) in [6.07, 6.45) is 1.46. The summed E-state index contributed by atoms with van der Waals surface area (Å²) in [5.74, 6) is -0.0267. The smallest absolute Gasteiger partial charge is 0.410 e. The minimum absolute atomic E-state index is 0.0224. The Balaban J connectivity index is 1.87. The summed E-state index contributed by atoms with van der Waals surface area (Å²) in [7, 11) is 0. The molecule has 1 N–H and O–H groups in total. The van der Waals surface area contributed by atoms with E-state index in [0.29, 0.717) is 32.7 Å². The second kappa shape index (κ2) is 8.70. The van der Waals surface area contributed by atoms with E-state index in [1.165, 1.54) is 4.90 Å². The highest BCUT2D eigenvalue weighted by Gasteiger charge is 2.35. The predicted octanol–water partition coefficient (Wildman–Crippen LogP) is 0.666. The molecule has 148 valence electrons. The van der Waals surface area contributed by atoms with Crippen molar-refractivity contribution in [3.8, 4) is 0 Å². The lowest BCUT2D eigenvalue weighted by molar-refractivity contribution is -0.140. The van der Waals surface area contributed by atoms with Crippen LogP contribution in [0.1, 0.15) is 40.5 Å². The highest BCUT2D eigenvalue weighted by molar-refractivity contribution is 5.84. The quantitative estimate of drug-likeness (QED) is 0.789. The van der Waals surface area contributed by atoms with E-state index in [2.05, 4.69) is 10.2 Å². The Hall–Kier alpha value is -1.83. The highest BCUT2D eigenvalue weighted by Crippen LogP contribution is 2.19. The number of hydrogen-bond donors (Lipinski definition) is 1. The van der Waals surface area contributed by atoms with Crippen molar-refractivity contribution in [2.45, 2.75) is 52.2 Å². The van der Waals surface area contributed by atoms with Crippen molar-refractivity contribution in [3.05, 3.63) is 0 Å². The molecule has 2 saturated heterocycles. The molecule has 0 spiro atoms. The van der Waals surface area contributed by atoms with Crippen LogP contribution in [0.5, 0.6) is 0 Å². The first-order valence-corrected chi connectivity index (χ1v) is 9.46. The molecule has 1 unspecified atom stereocenters. The Labute approximate surface area is 155 Å². The molecule has 2 aliphatic heterocycles. The first-order chi connectivity index (χ1) is 12.2. The van der Waals surface area contributed by atoms with Crippen LogP contribution in [0.4, 0.5) is 4.79 Å². The Morgan fingerprint density at radius 1 is 1.23 bits per heavy atom. The van der Waals surface area contributed by atoms with E-state index >= 15 is 0 Å². The number of rotatable bonds is 4. The zero-order chi connectivity index (χ0) is 19.3. The predicted molar refractivity (Wildman–Crippen MR) is 97.7 cm³/mol. The molecule has 0 aromatic rings. The van der Waals surface area contributed by atoms with Gasteiger partial charge in [0.1, 0.15) is 12.1 Å². The van der Waals surface area contributed by atoms with Crippen LogP contribution in [0.3, 0.4) is 0 Å². The number of likely N-dealkylation sites (tertiary alicyclic amines) is 1. The molecule has 2 heterocycles. The molecule has 2 rings (SSSR count). The van der Waals surface area contributed by atoms with Gasteiger partial charge in [-0.3, -0.25) is 19.4 Å². The van der Waals surface area contributed by atoms with Gasteiger partial charge in [-0.2, -0.15) is 0 Å². The monoisotopic (exact) mass is 368 g/mol. The van der Waals surface area contributed by atoms with Crippen LogP contribution in [0.15, 0.2) is 0 Å². The van der Waals surface area contributed by atoms with Gasteiger partial charge in [0.2, 0.25) is 11.8 Å². The third kappa shape index (κ3) is 5.86. The first-order valence-electron chi connectivity index (χ1n) is 9.46. The fourth-order valence-corrected chi connectivity index (χ4v) is 3.44. The number of ether oxygens (including phenoxy) is 1. The zero-order valence-corrected chi connectivity index (χ0v) is 16.4. The summed E-state index contributed by atoms with van der Waals surface area (Å²) in [6, 6.07) is 0.103. The molecule has 26 heavy (non-hydrogen) atoms. The van der Waals surface area contributed by atoms with Crippen LogP contribution in [-0.2, 0) is 14.3 Å². The topological polar surface area (TPSA) is 82.2 Å². The normalized spacial score (nSPS) is 22.3. The third-order valence-electron chi connectivity index (χ3n) is 4.57. The Bertz CT molecular complexity index is 532. The summed E-state index contributed by atoms with van der Waals surface area (Å²) in [4.78, 5) is 42.0. The van der Waals surface area contributed by atoms with Crippen LogP contribution in [0, 0.1) is 0 Å². The number of likely N-dealkylation sites (N-methyl/N-ethyl adjacent to an activating group) is 1. The summed E-state index contributed by atoms with van der Waals surface area (Å²) < 4.78 is 5.35. The number of amides is 3. The first kappa shape index (κ1) is 20.5. The fraction of sp³-hybridized carbons (Fsp3) is 0.833. The van der Waals surface area contributed by atoms with Crippen molar-refractivity contribution in [3.63, 3.8) is 0 Å². The third-order valence-corrected chi connectivity index (χ3v) is 4.57. The van der Waals surface area contributed by atoms with E-state index < -0.39 is 11.7 Å². The molecule has 0 aromatic carbocycles. The van der Waals surface area contributed by atoms with Crippen molar-refractivity contribution in [2.75, 3.05) is 45.8 Å². The second-order valence-electron chi connectivity index (χ2n) is 7.97. The van der Waals surface area contributed by atoms with Crippen LogP contribution in [0.25, 0.3) is 0 Å². The SMILES string of the molecule is CCNC(=O)CN1CCCC(N2CCN(C(=O)OC(C)(C)C)CC2=O)C1. The molecule has 0 saturated carbocycles. The van der Waals surface area contributed by atoms with Crippen LogP contribution in [0.2, 0.25) is 0 Å². The molecular weight excluding hydrogens is 336 g/mol. The van der Waals surface area contributed by atoms with Gasteiger partial charge >= 0.3 is 6.09 Å². The Morgan fingerprint density at radius 2 is 1.96 bits per heavy atom. The molecule has 2 aliphatic rings. The van der Waals surface area contributed by atoms with E-state index in [1.54, 1.807) is 0 Å². The summed E-state index contributed by atoms with van der Waals surface area (Å²) in [5, 5.41) is 2.81. The summed E-state index contributed by atoms with van der Waals surface area (Å²) in [5.41, 5.74) is -0.569. The fourth-order valence-electron chi connectivity index (χ4n) is 3.44. The number of piperazine rings is 1. The molecule has 8 heteroatoms. The van der Waals surface area contributed by atoms with Crippen molar-refractivity contribution in [2.24, 2.45) is 0 Å². The largest absolute Gasteiger partial charge is 0.444 e. The molecule has 0 bridgehead atoms. The molecule has 0 aliphatic carbocycles.